The van der Waals surface area contributed by atoms with Gasteiger partial charge in [-0.15, -0.1) is 0 Å². The number of hydrogen-bond donors (Lipinski definition) is 1. The maximum atomic E-state index is 12.1. The molecular formula is C21H22ClN3O2. The summed E-state index contributed by atoms with van der Waals surface area (Å²) in [5.41, 5.74) is 3.97. The Labute approximate surface area is 163 Å². The molecule has 1 heterocycles. The molecule has 0 bridgehead atoms. The average molecular weight is 384 g/mol. The van der Waals surface area contributed by atoms with Crippen LogP contribution in [0.1, 0.15) is 23.4 Å². The first-order chi connectivity index (χ1) is 13.0. The van der Waals surface area contributed by atoms with Gasteiger partial charge in [0.15, 0.2) is 0 Å². The third-order valence-corrected chi connectivity index (χ3v) is 4.53. The zero-order valence-electron chi connectivity index (χ0n) is 15.4. The Hall–Kier alpha value is -2.79. The molecule has 1 aromatic heterocycles. The van der Waals surface area contributed by atoms with Gasteiger partial charge in [0, 0.05) is 22.8 Å². The van der Waals surface area contributed by atoms with E-state index in [1.807, 2.05) is 61.0 Å². The fraction of sp³-hybridized carbons (Fsp3) is 0.238. The number of carbonyl (C=O) groups is 1. The van der Waals surface area contributed by atoms with Crippen LogP contribution in [0.5, 0.6) is 5.75 Å². The van der Waals surface area contributed by atoms with Gasteiger partial charge in [-0.05, 0) is 44.2 Å². The molecule has 0 saturated heterocycles. The minimum atomic E-state index is -0.0664. The normalized spacial score (nSPS) is 10.6. The van der Waals surface area contributed by atoms with Crippen molar-refractivity contribution in [3.63, 3.8) is 0 Å². The Bertz CT molecular complexity index is 922. The highest BCUT2D eigenvalue weighted by Crippen LogP contribution is 2.18. The zero-order valence-corrected chi connectivity index (χ0v) is 16.2. The van der Waals surface area contributed by atoms with Crippen LogP contribution in [0.25, 0.3) is 5.69 Å². The third kappa shape index (κ3) is 4.89. The molecule has 0 radical (unpaired) electrons. The highest BCUT2D eigenvalue weighted by Gasteiger charge is 2.13. The molecule has 0 saturated carbocycles. The van der Waals surface area contributed by atoms with E-state index < -0.39 is 0 Å². The Balaban J connectivity index is 1.54. The molecule has 0 aliphatic heterocycles. The number of aromatic nitrogens is 2. The van der Waals surface area contributed by atoms with E-state index in [1.165, 1.54) is 0 Å². The third-order valence-electron chi connectivity index (χ3n) is 4.30. The Kier molecular flexibility index (Phi) is 6.14. The predicted octanol–water partition coefficient (Wildman–Crippen LogP) is 4.23. The van der Waals surface area contributed by atoms with Gasteiger partial charge in [0.2, 0.25) is 5.91 Å². The van der Waals surface area contributed by atoms with E-state index in [0.29, 0.717) is 23.9 Å². The summed E-state index contributed by atoms with van der Waals surface area (Å²) in [4.78, 5) is 12.1. The second-order valence-corrected chi connectivity index (χ2v) is 6.67. The number of carbonyl (C=O) groups excluding carboxylic acids is 1. The number of ether oxygens (including phenoxy) is 1. The summed E-state index contributed by atoms with van der Waals surface area (Å²) in [6.45, 7) is 4.71. The van der Waals surface area contributed by atoms with Crippen molar-refractivity contribution >= 4 is 17.5 Å². The molecule has 0 fully saturated rings. The standard InChI is InChI=1S/C21H22ClN3O2/c1-15-20(16(2)25(24-15)18-8-4-3-5-9-18)14-23-21(26)11-12-27-19-10-6-7-17(22)13-19/h3-10,13H,11-12,14H2,1-2H3,(H,23,26). The zero-order chi connectivity index (χ0) is 19.2. The molecule has 0 spiro atoms. The number of nitrogens with zero attached hydrogens (tertiary/aromatic N) is 2. The van der Waals surface area contributed by atoms with E-state index >= 15 is 0 Å². The average Bonchev–Trinajstić information content (AvgIpc) is 2.95. The van der Waals surface area contributed by atoms with E-state index in [1.54, 1.807) is 12.1 Å². The van der Waals surface area contributed by atoms with E-state index in [2.05, 4.69) is 10.4 Å². The summed E-state index contributed by atoms with van der Waals surface area (Å²) in [5, 5.41) is 8.15. The van der Waals surface area contributed by atoms with Gasteiger partial charge in [-0.3, -0.25) is 4.79 Å². The SMILES string of the molecule is Cc1nn(-c2ccccc2)c(C)c1CNC(=O)CCOc1cccc(Cl)c1. The smallest absolute Gasteiger partial charge is 0.223 e. The maximum Gasteiger partial charge on any atom is 0.223 e. The molecule has 0 unspecified atom stereocenters. The molecule has 1 N–H and O–H groups in total. The van der Waals surface area contributed by atoms with Crippen LogP contribution in [0.2, 0.25) is 5.02 Å². The lowest BCUT2D eigenvalue weighted by Crippen LogP contribution is -2.25. The number of hydrogen-bond acceptors (Lipinski definition) is 3. The summed E-state index contributed by atoms with van der Waals surface area (Å²) in [6.07, 6.45) is 0.275. The Morgan fingerprint density at radius 2 is 1.93 bits per heavy atom. The van der Waals surface area contributed by atoms with Crippen molar-refractivity contribution in [2.24, 2.45) is 0 Å². The van der Waals surface area contributed by atoms with Crippen LogP contribution in [0.15, 0.2) is 54.6 Å². The number of halogens is 1. The predicted molar refractivity (Wildman–Crippen MR) is 106 cm³/mol. The quantitative estimate of drug-likeness (QED) is 0.664. The summed E-state index contributed by atoms with van der Waals surface area (Å²) in [6, 6.07) is 17.1. The van der Waals surface area contributed by atoms with E-state index in [4.69, 9.17) is 16.3 Å². The number of benzene rings is 2. The lowest BCUT2D eigenvalue weighted by molar-refractivity contribution is -0.121. The van der Waals surface area contributed by atoms with Crippen molar-refractivity contribution in [1.29, 1.82) is 0 Å². The van der Waals surface area contributed by atoms with Crippen LogP contribution < -0.4 is 10.1 Å². The molecule has 2 aromatic carbocycles. The van der Waals surface area contributed by atoms with Crippen LogP contribution >= 0.6 is 11.6 Å². The fourth-order valence-electron chi connectivity index (χ4n) is 2.85. The first kappa shape index (κ1) is 19.0. The van der Waals surface area contributed by atoms with Gasteiger partial charge >= 0.3 is 0 Å². The first-order valence-corrected chi connectivity index (χ1v) is 9.18. The minimum Gasteiger partial charge on any atom is -0.493 e. The summed E-state index contributed by atoms with van der Waals surface area (Å²) in [7, 11) is 0. The molecular weight excluding hydrogens is 362 g/mol. The molecule has 6 heteroatoms. The van der Waals surface area contributed by atoms with Crippen molar-refractivity contribution in [1.82, 2.24) is 15.1 Å². The van der Waals surface area contributed by atoms with Crippen LogP contribution in [-0.2, 0) is 11.3 Å². The van der Waals surface area contributed by atoms with Gasteiger partial charge < -0.3 is 10.1 Å². The van der Waals surface area contributed by atoms with Gasteiger partial charge in [-0.25, -0.2) is 4.68 Å². The van der Waals surface area contributed by atoms with Gasteiger partial charge in [0.25, 0.3) is 0 Å². The molecule has 1 amide bonds. The maximum absolute atomic E-state index is 12.1. The van der Waals surface area contributed by atoms with Crippen LogP contribution in [0.3, 0.4) is 0 Å². The van der Waals surface area contributed by atoms with Crippen molar-refractivity contribution in [2.75, 3.05) is 6.61 Å². The van der Waals surface area contributed by atoms with Gasteiger partial charge in [-0.2, -0.15) is 5.10 Å². The van der Waals surface area contributed by atoms with Crippen LogP contribution in [-0.4, -0.2) is 22.3 Å². The highest BCUT2D eigenvalue weighted by molar-refractivity contribution is 6.30. The fourth-order valence-corrected chi connectivity index (χ4v) is 3.03. The number of nitrogens with one attached hydrogen (secondary N) is 1. The second kappa shape index (κ2) is 8.73. The molecule has 3 rings (SSSR count). The summed E-state index contributed by atoms with van der Waals surface area (Å²) in [5.74, 6) is 0.592. The monoisotopic (exact) mass is 383 g/mol. The highest BCUT2D eigenvalue weighted by atomic mass is 35.5. The Morgan fingerprint density at radius 3 is 2.67 bits per heavy atom. The van der Waals surface area contributed by atoms with Gasteiger partial charge in [0.1, 0.15) is 5.75 Å². The second-order valence-electron chi connectivity index (χ2n) is 6.23. The van der Waals surface area contributed by atoms with Crippen molar-refractivity contribution in [3.05, 3.63) is 76.6 Å². The topological polar surface area (TPSA) is 56.2 Å². The minimum absolute atomic E-state index is 0.0664. The van der Waals surface area contributed by atoms with E-state index in [9.17, 15) is 4.79 Å². The van der Waals surface area contributed by atoms with E-state index in [0.717, 1.165) is 22.6 Å². The Morgan fingerprint density at radius 1 is 1.15 bits per heavy atom. The number of para-hydroxylation sites is 1. The number of amides is 1. The molecule has 0 aliphatic carbocycles. The number of aryl methyl sites for hydroxylation is 1. The lowest BCUT2D eigenvalue weighted by atomic mass is 10.2. The van der Waals surface area contributed by atoms with Crippen molar-refractivity contribution in [2.45, 2.75) is 26.8 Å². The van der Waals surface area contributed by atoms with Gasteiger partial charge in [0.05, 0.1) is 24.4 Å². The molecule has 3 aromatic rings. The molecule has 5 nitrogen and oxygen atoms in total. The van der Waals surface area contributed by atoms with Crippen molar-refractivity contribution in [3.8, 4) is 11.4 Å². The summed E-state index contributed by atoms with van der Waals surface area (Å²) >= 11 is 5.91. The van der Waals surface area contributed by atoms with Crippen LogP contribution in [0, 0.1) is 13.8 Å². The van der Waals surface area contributed by atoms with Crippen molar-refractivity contribution < 1.29 is 9.53 Å². The molecule has 140 valence electrons. The largest absolute Gasteiger partial charge is 0.493 e. The number of rotatable bonds is 7. The molecule has 0 aliphatic rings. The van der Waals surface area contributed by atoms with Gasteiger partial charge in [-0.1, -0.05) is 35.9 Å². The molecule has 27 heavy (non-hydrogen) atoms. The molecule has 0 atom stereocenters. The van der Waals surface area contributed by atoms with Crippen LogP contribution in [0.4, 0.5) is 0 Å². The first-order valence-electron chi connectivity index (χ1n) is 8.80. The summed E-state index contributed by atoms with van der Waals surface area (Å²) < 4.78 is 7.46. The lowest BCUT2D eigenvalue weighted by Gasteiger charge is -2.08. The van der Waals surface area contributed by atoms with E-state index in [-0.39, 0.29) is 12.3 Å².